The van der Waals surface area contributed by atoms with Crippen molar-refractivity contribution in [3.63, 3.8) is 0 Å². The number of likely N-dealkylation sites (N-methyl/N-ethyl adjacent to an activating group) is 3. The molecule has 0 radical (unpaired) electrons. The summed E-state index contributed by atoms with van der Waals surface area (Å²) in [4.78, 5) is 25.2. The van der Waals surface area contributed by atoms with Gasteiger partial charge in [0.1, 0.15) is 0 Å². The van der Waals surface area contributed by atoms with Crippen LogP contribution in [0.15, 0.2) is 146 Å². The predicted molar refractivity (Wildman–Crippen MR) is 565 cm³/mol. The molecule has 0 amide bonds. The average Bonchev–Trinajstić information content (AvgIpc) is 1.64. The molecule has 4 saturated heterocycles. The number of nitro groups is 1. The maximum Gasteiger partial charge on any atom is 0.0979 e. The predicted octanol–water partition coefficient (Wildman–Crippen LogP) is 13.3. The minimum absolute atomic E-state index is 0. The van der Waals surface area contributed by atoms with E-state index in [9.17, 15) is 10.1 Å². The number of hydrogen-bond donors (Lipinski definition) is 0. The third kappa shape index (κ3) is 38.1. The van der Waals surface area contributed by atoms with E-state index in [2.05, 4.69) is 323 Å². The number of aryl methyl sites for hydroxylation is 17. The Kier molecular flexibility index (Phi) is 50.0. The molecule has 4 heterocycles. The van der Waals surface area contributed by atoms with Crippen molar-refractivity contribution in [2.24, 2.45) is 0 Å². The first-order valence-electron chi connectivity index (χ1n) is 45.8. The van der Waals surface area contributed by atoms with Crippen molar-refractivity contribution in [1.29, 1.82) is 0 Å². The molecule has 4 aliphatic heterocycles. The first kappa shape index (κ1) is 124. The number of benzene rings is 9. The monoisotopic (exact) mass is 2340 g/mol. The molecule has 4 fully saturated rings. The first-order valence-corrected chi connectivity index (χ1v) is 62.2. The fourth-order valence-electron chi connectivity index (χ4n) is 19.0. The molecule has 766 valence electrons. The molecule has 9 aromatic carbocycles. The van der Waals surface area contributed by atoms with Gasteiger partial charge in [-0.05, 0) is 184 Å². The number of anilines is 6. The van der Waals surface area contributed by atoms with E-state index in [0.717, 1.165) is 92.7 Å². The number of piperidine rings is 1. The fourth-order valence-corrected chi connectivity index (χ4v) is 24.4. The molecule has 3 atom stereocenters. The van der Waals surface area contributed by atoms with Gasteiger partial charge in [-0.1, -0.05) is 107 Å². The van der Waals surface area contributed by atoms with Crippen LogP contribution in [0.4, 0.5) is 39.8 Å². The van der Waals surface area contributed by atoms with E-state index < -0.39 is 45.5 Å². The van der Waals surface area contributed by atoms with Gasteiger partial charge in [-0.25, -0.2) is 0 Å². The number of ether oxygens (including phenoxy) is 3. The quantitative estimate of drug-likeness (QED) is 0.0214. The van der Waals surface area contributed by atoms with Crippen molar-refractivity contribution >= 4 is 112 Å². The molecular formula is C108H152Cl10N11O5Ru3-3. The number of para-hydroxylation sites is 3. The van der Waals surface area contributed by atoms with Crippen LogP contribution in [0.25, 0.3) is 0 Å². The van der Waals surface area contributed by atoms with Crippen molar-refractivity contribution in [1.82, 2.24) is 0 Å². The second kappa shape index (κ2) is 55.2. The van der Waals surface area contributed by atoms with E-state index in [0.29, 0.717) is 35.5 Å². The molecule has 0 aliphatic carbocycles. The van der Waals surface area contributed by atoms with Crippen LogP contribution in [-0.4, -0.2) is 203 Å². The summed E-state index contributed by atoms with van der Waals surface area (Å²) in [5.41, 5.74) is 33.7. The first-order chi connectivity index (χ1) is 61.9. The Balaban J connectivity index is 0.000000347. The van der Waals surface area contributed by atoms with Crippen molar-refractivity contribution in [3.8, 4) is 17.2 Å². The van der Waals surface area contributed by atoms with E-state index in [1.165, 1.54) is 154 Å². The number of likely N-dealkylation sites (tertiary alicyclic amines) is 1. The Labute approximate surface area is 888 Å². The number of nitrogens with zero attached hydrogens (tertiary/aromatic N) is 11. The maximum absolute atomic E-state index is 10.7. The average molecular weight is 2340 g/mol. The molecule has 0 spiro atoms. The molecular weight excluding hydrogens is 2190 g/mol. The Morgan fingerprint density at radius 1 is 0.380 bits per heavy atom. The van der Waals surface area contributed by atoms with E-state index in [-0.39, 0.29) is 67.5 Å². The number of nitro benzene ring substituents is 1. The molecule has 4 aliphatic rings. The van der Waals surface area contributed by atoms with Gasteiger partial charge >= 0.3 is 339 Å². The Bertz CT molecular complexity index is 5300. The van der Waals surface area contributed by atoms with Crippen LogP contribution in [0.1, 0.15) is 152 Å². The van der Waals surface area contributed by atoms with Crippen LogP contribution >= 0.6 is 58.1 Å². The number of hydrogen-bond acceptors (Lipinski definition) is 11. The standard InChI is InChI=1S/2C25H37N3.C24H35N3.C14H20NO.C10H11NO3.C10H12O.10ClH.3Ru/c2*1-17-10-19(3)24(20(4)11-17)26-14-23(15-28(7,8)9)27(16-26)25-21(5)12-18(2)13-22(25)6;1-17-12-20(4)24(21(5)13-17)26-16-25(14-22(26)15-27(6,7)8)23-18(2)10-9-11-19(23)3;1-12-6-4-5-7-14(12)16-13-8-10-15(2,3)11-9-13;1-7(2)14-10-5-4-9(11(12)13)6-8(10)3;1-8(2)11-10-7-5-4-6-9(10)3;;;;;;;;;;;;;/h2*10-13,16,23H,14-15H2,1-9H3;9-13,16,22H,14-15H2,1-8H3;1,4-7,13H,8-11H2,2-3H3;3-7H,1-2H3;3-8H,1-2H3;10*1H;;;/q;;;+1;;;;;;;;;;;;;3*+2/p-10. The largest absolute Gasteiger partial charge is 1.00 e. The second-order valence-electron chi connectivity index (χ2n) is 40.9. The Hall–Kier alpha value is -5.20. The van der Waals surface area contributed by atoms with Crippen LogP contribution < -0.4 is 93.2 Å². The van der Waals surface area contributed by atoms with Crippen LogP contribution in [0.2, 0.25) is 0 Å². The van der Waals surface area contributed by atoms with E-state index in [1.54, 1.807) is 10.7 Å². The van der Waals surface area contributed by atoms with Crippen LogP contribution in [0.3, 0.4) is 0 Å². The third-order valence-electron chi connectivity index (χ3n) is 23.5. The summed E-state index contributed by atoms with van der Waals surface area (Å²) < 4.78 is 26.7. The minimum Gasteiger partial charge on any atom is -1.00 e. The molecule has 16 nitrogen and oxygen atoms in total. The number of quaternary nitrogens is 4. The van der Waals surface area contributed by atoms with Gasteiger partial charge in [0.15, 0.2) is 0 Å². The number of non-ortho nitro benzene ring substituents is 1. The maximum atomic E-state index is 10.7. The Morgan fingerprint density at radius 2 is 0.642 bits per heavy atom. The smallest absolute Gasteiger partial charge is 0.0979 e. The molecule has 0 bridgehead atoms. The summed E-state index contributed by atoms with van der Waals surface area (Å²) in [5.74, 6) is 2.33. The van der Waals surface area contributed by atoms with Crippen LogP contribution in [0.5, 0.6) is 17.2 Å². The summed E-state index contributed by atoms with van der Waals surface area (Å²) >= 11 is -5.62. The summed E-state index contributed by atoms with van der Waals surface area (Å²) in [6, 6.07) is 51.2. The molecule has 0 aromatic heterocycles. The second-order valence-corrected chi connectivity index (χ2v) is 58.1. The molecule has 0 saturated carbocycles. The van der Waals surface area contributed by atoms with Gasteiger partial charge in [0, 0.05) is 53.8 Å². The van der Waals surface area contributed by atoms with Crippen molar-refractivity contribution < 1.29 is 127 Å². The van der Waals surface area contributed by atoms with Crippen LogP contribution in [0, 0.1) is 148 Å². The Morgan fingerprint density at radius 3 is 0.927 bits per heavy atom. The van der Waals surface area contributed by atoms with Gasteiger partial charge in [-0.3, -0.25) is 0 Å². The third-order valence-corrected chi connectivity index (χ3v) is 29.0. The zero-order valence-electron chi connectivity index (χ0n) is 86.7. The topological polar surface area (TPSA) is 90.3 Å². The van der Waals surface area contributed by atoms with Crippen LogP contribution in [-0.2, 0) is 40.6 Å². The number of halogens is 10. The van der Waals surface area contributed by atoms with Crippen molar-refractivity contribution in [2.45, 2.75) is 195 Å². The summed E-state index contributed by atoms with van der Waals surface area (Å²) in [7, 11) is 60.3. The van der Waals surface area contributed by atoms with Crippen molar-refractivity contribution in [2.75, 3.05) is 159 Å². The minimum atomic E-state index is -2.05. The summed E-state index contributed by atoms with van der Waals surface area (Å²) in [6.45, 7) is 61.3. The normalized spacial score (nSPS) is 16.0. The van der Waals surface area contributed by atoms with E-state index in [1.807, 2.05) is 85.4 Å². The number of rotatable bonds is 22. The molecule has 13 rings (SSSR count). The van der Waals surface area contributed by atoms with Gasteiger partial charge in [-0.2, -0.15) is 20.0 Å². The molecule has 0 N–H and O–H groups in total. The molecule has 9 aromatic rings. The molecule has 3 unspecified atom stereocenters. The van der Waals surface area contributed by atoms with Crippen molar-refractivity contribution in [3.05, 3.63) is 287 Å². The molecule has 137 heavy (non-hydrogen) atoms. The zero-order chi connectivity index (χ0) is 99.0. The van der Waals surface area contributed by atoms with Gasteiger partial charge < -0.3 is 92.5 Å². The summed E-state index contributed by atoms with van der Waals surface area (Å²) in [6.07, 6.45) is 2.66. The zero-order valence-corrected chi connectivity index (χ0v) is 99.4. The summed E-state index contributed by atoms with van der Waals surface area (Å²) in [5, 5.41) is 10.7. The SMILES string of the molecule is CC(C)Oc1ccc([N+](=O)[O-])cc1[CH]=[Ru]([Cl])[Cl].CC(C)Oc1ccccc1[CH]=[Ru]([Cl])[Cl].C[N+]1(C)CCC(Oc2ccccc2[CH]=[Ru]([Cl])[Cl])CC1.Cc1cc(C)c(N2[CH-]N(c3c(C)cc(C)cc3C)C(C[N+](C)(C)C)C2)c(C)c1.Cc1cc(C)c(N2[CH-]N(c3c(C)cc(C)cc3C)C(C[N+](C)(C)C)C2)c(C)c1.Cc1cc(C)c(N2[CH-]N(c3c(C)cccc3C)CC2C[N+](C)(C)C)c(C)c1.[Cl-].[Cl-].[Cl-].[Cl-]. The van der Waals surface area contributed by atoms with Gasteiger partial charge in [0.2, 0.25) is 0 Å². The molecule has 29 heteroatoms. The van der Waals surface area contributed by atoms with Gasteiger partial charge in [-0.15, -0.1) is 0 Å². The van der Waals surface area contributed by atoms with E-state index in [4.69, 9.17) is 72.4 Å². The fraction of sp³-hybridized carbons (Fsp3) is 0.444. The van der Waals surface area contributed by atoms with E-state index >= 15 is 0 Å². The van der Waals surface area contributed by atoms with Gasteiger partial charge in [0.05, 0.1) is 101 Å². The van der Waals surface area contributed by atoms with Gasteiger partial charge in [0.25, 0.3) is 0 Å².